The van der Waals surface area contributed by atoms with Gasteiger partial charge in [-0.15, -0.1) is 0 Å². The van der Waals surface area contributed by atoms with Crippen molar-refractivity contribution in [3.8, 4) is 5.88 Å². The maximum atomic E-state index is 7.66. The van der Waals surface area contributed by atoms with E-state index in [1.165, 1.54) is 7.11 Å². The fourth-order valence-corrected chi connectivity index (χ4v) is 2.29. The number of ether oxygens (including phenoxy) is 2. The quantitative estimate of drug-likeness (QED) is 0.779. The smallest absolute Gasteiger partial charge is 0.244 e. The highest BCUT2D eigenvalue weighted by molar-refractivity contribution is 6.28. The van der Waals surface area contributed by atoms with Gasteiger partial charge in [0, 0.05) is 26.2 Å². The molecule has 1 aliphatic rings. The zero-order chi connectivity index (χ0) is 15.7. The lowest BCUT2D eigenvalue weighted by Gasteiger charge is -2.26. The molecule has 7 nitrogen and oxygen atoms in total. The third-order valence-electron chi connectivity index (χ3n) is 3.16. The van der Waals surface area contributed by atoms with Crippen LogP contribution in [0.3, 0.4) is 0 Å². The van der Waals surface area contributed by atoms with Crippen molar-refractivity contribution >= 4 is 22.8 Å². The van der Waals surface area contributed by atoms with Gasteiger partial charge in [0.25, 0.3) is 0 Å². The first kappa shape index (κ1) is 11.2. The molecule has 0 atom stereocenters. The second-order valence-electron chi connectivity index (χ2n) is 4.38. The van der Waals surface area contributed by atoms with Gasteiger partial charge in [-0.1, -0.05) is 0 Å². The largest absolute Gasteiger partial charge is 0.479 e. The number of fused-ring (bicyclic) bond motifs is 1. The van der Waals surface area contributed by atoms with Crippen LogP contribution in [0.4, 0.5) is 0 Å². The minimum Gasteiger partial charge on any atom is -0.479 e. The van der Waals surface area contributed by atoms with Crippen LogP contribution in [0.25, 0.3) is 11.2 Å². The van der Waals surface area contributed by atoms with Crippen LogP contribution in [-0.4, -0.2) is 64.3 Å². The average Bonchev–Trinajstić information content (AvgIpc) is 2.86. The van der Waals surface area contributed by atoms with Gasteiger partial charge >= 0.3 is 0 Å². The molecule has 0 N–H and O–H groups in total. The first-order chi connectivity index (χ1) is 10.5. The summed E-state index contributed by atoms with van der Waals surface area (Å²) in [5.41, 5.74) is 1.16. The lowest BCUT2D eigenvalue weighted by atomic mass is 10.4. The Morgan fingerprint density at radius 1 is 1.45 bits per heavy atom. The zero-order valence-electron chi connectivity index (χ0n) is 13.0. The van der Waals surface area contributed by atoms with Crippen molar-refractivity contribution in [3.63, 3.8) is 0 Å². The molecule has 3 rings (SSSR count). The summed E-state index contributed by atoms with van der Waals surface area (Å²) in [6.07, 6.45) is 1.66. The van der Waals surface area contributed by atoms with Crippen molar-refractivity contribution in [3.05, 3.63) is 11.6 Å². The van der Waals surface area contributed by atoms with E-state index in [9.17, 15) is 0 Å². The summed E-state index contributed by atoms with van der Waals surface area (Å²) in [5.74, 6) is 0.379. The zero-order valence-corrected chi connectivity index (χ0v) is 11.8. The summed E-state index contributed by atoms with van der Waals surface area (Å²) in [5, 5.41) is 0.0935. The van der Waals surface area contributed by atoms with E-state index in [1.54, 1.807) is 6.33 Å². The monoisotopic (exact) mass is 299 g/mol. The van der Waals surface area contributed by atoms with Crippen molar-refractivity contribution in [2.45, 2.75) is 6.54 Å². The van der Waals surface area contributed by atoms with Gasteiger partial charge in [0.1, 0.15) is 0 Å². The SMILES string of the molecule is [2H]C1([2H])CN(CCn2cnc3nc(Cl)nc(OC)c32)CCO1. The van der Waals surface area contributed by atoms with Gasteiger partial charge in [0.05, 0.1) is 29.3 Å². The fourth-order valence-electron chi connectivity index (χ4n) is 2.14. The molecule has 3 heterocycles. The summed E-state index contributed by atoms with van der Waals surface area (Å²) >= 11 is 5.83. The van der Waals surface area contributed by atoms with Gasteiger partial charge in [-0.2, -0.15) is 9.97 Å². The molecule has 2 aromatic rings. The van der Waals surface area contributed by atoms with Crippen LogP contribution < -0.4 is 4.74 Å². The number of morpholine rings is 1. The third kappa shape index (κ3) is 2.70. The summed E-state index contributed by atoms with van der Waals surface area (Å²) < 4.78 is 27.5. The van der Waals surface area contributed by atoms with Gasteiger partial charge < -0.3 is 14.0 Å². The van der Waals surface area contributed by atoms with Crippen LogP contribution in [0.5, 0.6) is 5.88 Å². The topological polar surface area (TPSA) is 65.3 Å². The van der Waals surface area contributed by atoms with Crippen molar-refractivity contribution in [1.82, 2.24) is 24.4 Å². The van der Waals surface area contributed by atoms with Gasteiger partial charge in [-0.3, -0.25) is 4.90 Å². The molecule has 0 aromatic carbocycles. The molecule has 0 saturated carbocycles. The molecule has 108 valence electrons. The molecular weight excluding hydrogens is 282 g/mol. The van der Waals surface area contributed by atoms with Gasteiger partial charge in [0.15, 0.2) is 11.2 Å². The average molecular weight is 300 g/mol. The number of nitrogens with zero attached hydrogens (tertiary/aromatic N) is 5. The number of hydrogen-bond acceptors (Lipinski definition) is 6. The molecule has 0 spiro atoms. The predicted molar refractivity (Wildman–Crippen MR) is 74.1 cm³/mol. The maximum Gasteiger partial charge on any atom is 0.244 e. The van der Waals surface area contributed by atoms with E-state index >= 15 is 0 Å². The molecule has 8 heteroatoms. The summed E-state index contributed by atoms with van der Waals surface area (Å²) in [6.45, 7) is 1.03. The lowest BCUT2D eigenvalue weighted by molar-refractivity contribution is 0.0365. The van der Waals surface area contributed by atoms with E-state index in [0.29, 0.717) is 43.3 Å². The molecule has 0 bridgehead atoms. The van der Waals surface area contributed by atoms with Crippen LogP contribution in [-0.2, 0) is 11.3 Å². The van der Waals surface area contributed by atoms with E-state index in [-0.39, 0.29) is 11.8 Å². The Hall–Kier alpha value is -1.44. The number of aromatic nitrogens is 4. The van der Waals surface area contributed by atoms with Gasteiger partial charge in [-0.05, 0) is 11.6 Å². The molecule has 0 unspecified atom stereocenters. The normalized spacial score (nSPS) is 20.7. The van der Waals surface area contributed by atoms with Crippen molar-refractivity contribution in [2.75, 3.05) is 39.9 Å². The second-order valence-corrected chi connectivity index (χ2v) is 4.72. The van der Waals surface area contributed by atoms with Crippen LogP contribution in [0.2, 0.25) is 5.28 Å². The minimum atomic E-state index is -1.59. The molecule has 0 aliphatic carbocycles. The number of methoxy groups -OCH3 is 1. The Kier molecular flexibility index (Phi) is 3.32. The van der Waals surface area contributed by atoms with Crippen LogP contribution in [0.1, 0.15) is 2.74 Å². The van der Waals surface area contributed by atoms with Gasteiger partial charge in [-0.25, -0.2) is 4.98 Å². The van der Waals surface area contributed by atoms with E-state index in [4.69, 9.17) is 23.8 Å². The Morgan fingerprint density at radius 2 is 2.35 bits per heavy atom. The summed E-state index contributed by atoms with van der Waals surface area (Å²) in [4.78, 5) is 14.3. The number of imidazole rings is 1. The minimum absolute atomic E-state index is 0.0935. The maximum absolute atomic E-state index is 7.66. The van der Waals surface area contributed by atoms with Crippen molar-refractivity contribution < 1.29 is 12.2 Å². The third-order valence-corrected chi connectivity index (χ3v) is 3.33. The van der Waals surface area contributed by atoms with Gasteiger partial charge in [0.2, 0.25) is 11.2 Å². The van der Waals surface area contributed by atoms with Crippen molar-refractivity contribution in [1.29, 1.82) is 0 Å². The molecule has 1 fully saturated rings. The highest BCUT2D eigenvalue weighted by atomic mass is 35.5. The first-order valence-corrected chi connectivity index (χ1v) is 6.65. The standard InChI is InChI=1S/C12H16ClN5O2/c1-19-11-9-10(15-12(13)16-11)14-8-18(9)3-2-17-4-6-20-7-5-17/h8H,2-7H2,1H3/i6D2. The second kappa shape index (κ2) is 5.90. The predicted octanol–water partition coefficient (Wildman–Crippen LogP) is 0.821. The van der Waals surface area contributed by atoms with E-state index in [1.807, 2.05) is 9.47 Å². The Bertz CT molecular complexity index is 681. The molecule has 20 heavy (non-hydrogen) atoms. The lowest BCUT2D eigenvalue weighted by Crippen LogP contribution is -2.38. The Balaban J connectivity index is 1.77. The molecular formula is C12H16ClN5O2. The highest BCUT2D eigenvalue weighted by Gasteiger charge is 2.15. The number of rotatable bonds is 4. The van der Waals surface area contributed by atoms with E-state index < -0.39 is 6.56 Å². The van der Waals surface area contributed by atoms with Crippen LogP contribution in [0, 0.1) is 0 Å². The number of hydrogen-bond donors (Lipinski definition) is 0. The Labute approximate surface area is 124 Å². The molecule has 1 aliphatic heterocycles. The van der Waals surface area contributed by atoms with Crippen LogP contribution in [0.15, 0.2) is 6.33 Å². The molecule has 2 aromatic heterocycles. The van der Waals surface area contributed by atoms with Crippen molar-refractivity contribution in [2.24, 2.45) is 0 Å². The van der Waals surface area contributed by atoms with Crippen LogP contribution >= 0.6 is 11.6 Å². The molecule has 0 radical (unpaired) electrons. The summed E-state index contributed by atoms with van der Waals surface area (Å²) in [6, 6.07) is 0. The van der Waals surface area contributed by atoms with E-state index in [0.717, 1.165) is 0 Å². The highest BCUT2D eigenvalue weighted by Crippen LogP contribution is 2.23. The molecule has 0 amide bonds. The molecule has 1 saturated heterocycles. The number of halogens is 1. The Morgan fingerprint density at radius 3 is 3.15 bits per heavy atom. The van der Waals surface area contributed by atoms with E-state index in [2.05, 4.69) is 15.0 Å². The fraction of sp³-hybridized carbons (Fsp3) is 0.583. The first-order valence-electron chi connectivity index (χ1n) is 7.27. The summed E-state index contributed by atoms with van der Waals surface area (Å²) in [7, 11) is 1.52.